The average molecular weight is 347 g/mol. The summed E-state index contributed by atoms with van der Waals surface area (Å²) in [4.78, 5) is 8.59. The Balaban J connectivity index is 2.21. The zero-order valence-corrected chi connectivity index (χ0v) is 12.5. The van der Waals surface area contributed by atoms with Gasteiger partial charge in [-0.05, 0) is 28.1 Å². The number of para-hydroxylation sites is 1. The van der Waals surface area contributed by atoms with Gasteiger partial charge in [0.25, 0.3) is 0 Å². The largest absolute Gasteiger partial charge is 0.271 e. The van der Waals surface area contributed by atoms with E-state index in [0.29, 0.717) is 15.6 Å². The van der Waals surface area contributed by atoms with Crippen LogP contribution < -0.4 is 11.3 Å². The molecule has 0 aliphatic rings. The van der Waals surface area contributed by atoms with E-state index in [-0.39, 0.29) is 5.82 Å². The van der Waals surface area contributed by atoms with E-state index in [1.54, 1.807) is 30.6 Å². The van der Waals surface area contributed by atoms with Crippen molar-refractivity contribution in [2.75, 3.05) is 0 Å². The number of halogens is 2. The Labute approximate surface area is 129 Å². The van der Waals surface area contributed by atoms with Crippen molar-refractivity contribution in [2.24, 2.45) is 5.84 Å². The van der Waals surface area contributed by atoms with Gasteiger partial charge in [-0.1, -0.05) is 24.3 Å². The van der Waals surface area contributed by atoms with Crippen molar-refractivity contribution < 1.29 is 4.39 Å². The molecule has 0 spiro atoms. The lowest BCUT2D eigenvalue weighted by atomic mass is 9.97. The lowest BCUT2D eigenvalue weighted by molar-refractivity contribution is 0.557. The molecule has 1 aromatic heterocycles. The lowest BCUT2D eigenvalue weighted by Crippen LogP contribution is -2.30. The minimum absolute atomic E-state index is 0.346. The lowest BCUT2D eigenvalue weighted by Gasteiger charge is -2.19. The number of nitrogens with one attached hydrogen (secondary N) is 1. The number of nitrogens with two attached hydrogens (primary N) is 1. The third kappa shape index (κ3) is 2.53. The van der Waals surface area contributed by atoms with Crippen molar-refractivity contribution in [2.45, 2.75) is 6.04 Å². The van der Waals surface area contributed by atoms with Gasteiger partial charge in [-0.25, -0.2) is 9.82 Å². The molecule has 3 aromatic rings. The summed E-state index contributed by atoms with van der Waals surface area (Å²) in [7, 11) is 0. The number of nitrogens with zero attached hydrogens (tertiary/aromatic N) is 2. The van der Waals surface area contributed by atoms with E-state index in [2.05, 4.69) is 31.3 Å². The molecule has 1 unspecified atom stereocenters. The number of rotatable bonds is 3. The second kappa shape index (κ2) is 5.85. The highest BCUT2D eigenvalue weighted by Crippen LogP contribution is 2.30. The van der Waals surface area contributed by atoms with Crippen LogP contribution in [0.1, 0.15) is 17.2 Å². The van der Waals surface area contributed by atoms with E-state index >= 15 is 0 Å². The van der Waals surface area contributed by atoms with Gasteiger partial charge in [-0.15, -0.1) is 0 Å². The van der Waals surface area contributed by atoms with Gasteiger partial charge in [0.05, 0.1) is 21.5 Å². The number of hydrogen-bond acceptors (Lipinski definition) is 4. The minimum atomic E-state index is -0.511. The van der Waals surface area contributed by atoms with E-state index in [1.807, 2.05) is 18.2 Å². The van der Waals surface area contributed by atoms with E-state index in [4.69, 9.17) is 5.84 Å². The molecule has 6 heteroatoms. The van der Waals surface area contributed by atoms with E-state index in [9.17, 15) is 4.39 Å². The molecular formula is C15H12BrFN4. The maximum atomic E-state index is 14.3. The molecule has 0 radical (unpaired) electrons. The molecule has 0 saturated heterocycles. The highest BCUT2D eigenvalue weighted by molar-refractivity contribution is 9.10. The molecule has 3 rings (SSSR count). The second-order valence-electron chi connectivity index (χ2n) is 4.51. The molecule has 0 saturated carbocycles. The summed E-state index contributed by atoms with van der Waals surface area (Å²) >= 11 is 3.19. The van der Waals surface area contributed by atoms with Crippen LogP contribution in [0.4, 0.5) is 4.39 Å². The summed E-state index contributed by atoms with van der Waals surface area (Å²) in [6.45, 7) is 0. The van der Waals surface area contributed by atoms with Crippen LogP contribution in [0.3, 0.4) is 0 Å². The van der Waals surface area contributed by atoms with Gasteiger partial charge in [-0.3, -0.25) is 15.8 Å². The van der Waals surface area contributed by atoms with Crippen molar-refractivity contribution in [1.82, 2.24) is 15.4 Å². The maximum Gasteiger partial charge on any atom is 0.142 e. The second-order valence-corrected chi connectivity index (χ2v) is 5.37. The first-order chi connectivity index (χ1) is 10.2. The van der Waals surface area contributed by atoms with Crippen molar-refractivity contribution in [3.63, 3.8) is 0 Å². The molecule has 0 amide bonds. The molecule has 1 atom stereocenters. The fraction of sp³-hybridized carbons (Fsp3) is 0.0667. The van der Waals surface area contributed by atoms with Gasteiger partial charge in [0, 0.05) is 23.5 Å². The van der Waals surface area contributed by atoms with Gasteiger partial charge in [0.1, 0.15) is 5.82 Å². The van der Waals surface area contributed by atoms with E-state index < -0.39 is 6.04 Å². The van der Waals surface area contributed by atoms with Crippen LogP contribution in [-0.2, 0) is 0 Å². The molecule has 1 heterocycles. The summed E-state index contributed by atoms with van der Waals surface area (Å²) in [5.74, 6) is 5.32. The number of aromatic nitrogens is 2. The van der Waals surface area contributed by atoms with Gasteiger partial charge in [0.15, 0.2) is 0 Å². The third-order valence-corrected chi connectivity index (χ3v) is 3.91. The van der Waals surface area contributed by atoms with Gasteiger partial charge < -0.3 is 0 Å². The van der Waals surface area contributed by atoms with Gasteiger partial charge in [-0.2, -0.15) is 0 Å². The number of benzene rings is 2. The van der Waals surface area contributed by atoms with Crippen LogP contribution in [-0.4, -0.2) is 9.97 Å². The molecular weight excluding hydrogens is 335 g/mol. The standard InChI is InChI=1S/C15H12BrFN4/c16-11-5-1-3-9(13(11)17)14(21-18)10-4-2-6-12-15(10)20-8-7-19-12/h1-8,14,21H,18H2. The fourth-order valence-electron chi connectivity index (χ4n) is 2.34. The summed E-state index contributed by atoms with van der Waals surface area (Å²) in [6.07, 6.45) is 3.23. The molecule has 0 bridgehead atoms. The predicted molar refractivity (Wildman–Crippen MR) is 82.8 cm³/mol. The number of hydrogen-bond donors (Lipinski definition) is 2. The Hall–Kier alpha value is -1.89. The molecule has 106 valence electrons. The van der Waals surface area contributed by atoms with Crippen LogP contribution in [0.25, 0.3) is 11.0 Å². The van der Waals surface area contributed by atoms with Crippen LogP contribution in [0.15, 0.2) is 53.3 Å². The molecule has 0 aliphatic heterocycles. The maximum absolute atomic E-state index is 14.3. The predicted octanol–water partition coefficient (Wildman–Crippen LogP) is 3.08. The topological polar surface area (TPSA) is 63.8 Å². The zero-order chi connectivity index (χ0) is 14.8. The molecule has 0 fully saturated rings. The summed E-state index contributed by atoms with van der Waals surface area (Å²) in [5.41, 5.74) is 5.33. The monoisotopic (exact) mass is 346 g/mol. The highest BCUT2D eigenvalue weighted by Gasteiger charge is 2.20. The Bertz CT molecular complexity index is 788. The SMILES string of the molecule is NNC(c1cccc(Br)c1F)c1cccc2nccnc12. The minimum Gasteiger partial charge on any atom is -0.271 e. The molecule has 21 heavy (non-hydrogen) atoms. The van der Waals surface area contributed by atoms with Gasteiger partial charge in [0.2, 0.25) is 0 Å². The molecule has 2 aromatic carbocycles. The van der Waals surface area contributed by atoms with Crippen LogP contribution in [0.2, 0.25) is 0 Å². The van der Waals surface area contributed by atoms with Crippen molar-refractivity contribution >= 4 is 27.0 Å². The van der Waals surface area contributed by atoms with Crippen molar-refractivity contribution in [1.29, 1.82) is 0 Å². The molecule has 4 nitrogen and oxygen atoms in total. The number of hydrazine groups is 1. The normalized spacial score (nSPS) is 12.5. The molecule has 3 N–H and O–H groups in total. The fourth-order valence-corrected chi connectivity index (χ4v) is 2.72. The zero-order valence-electron chi connectivity index (χ0n) is 10.9. The van der Waals surface area contributed by atoms with Crippen LogP contribution >= 0.6 is 15.9 Å². The summed E-state index contributed by atoms with van der Waals surface area (Å²) < 4.78 is 14.7. The Morgan fingerprint density at radius 1 is 1.05 bits per heavy atom. The van der Waals surface area contributed by atoms with Gasteiger partial charge >= 0.3 is 0 Å². The van der Waals surface area contributed by atoms with Crippen molar-refractivity contribution in [3.8, 4) is 0 Å². The quantitative estimate of drug-likeness (QED) is 0.565. The first-order valence-corrected chi connectivity index (χ1v) is 7.11. The van der Waals surface area contributed by atoms with Crippen LogP contribution in [0.5, 0.6) is 0 Å². The summed E-state index contributed by atoms with van der Waals surface area (Å²) in [5, 5.41) is 0. The Morgan fingerprint density at radius 3 is 2.57 bits per heavy atom. The van der Waals surface area contributed by atoms with E-state index in [0.717, 1.165) is 11.1 Å². The average Bonchev–Trinajstić information content (AvgIpc) is 2.52. The third-order valence-electron chi connectivity index (χ3n) is 3.30. The Morgan fingerprint density at radius 2 is 1.76 bits per heavy atom. The number of fused-ring (bicyclic) bond motifs is 1. The first-order valence-electron chi connectivity index (χ1n) is 6.32. The smallest absolute Gasteiger partial charge is 0.142 e. The summed E-state index contributed by atoms with van der Waals surface area (Å²) in [6, 6.07) is 10.2. The van der Waals surface area contributed by atoms with Crippen molar-refractivity contribution in [3.05, 3.63) is 70.2 Å². The van der Waals surface area contributed by atoms with E-state index in [1.165, 1.54) is 0 Å². The molecule has 0 aliphatic carbocycles. The highest BCUT2D eigenvalue weighted by atomic mass is 79.9. The Kier molecular flexibility index (Phi) is 3.92. The van der Waals surface area contributed by atoms with Crippen LogP contribution in [0, 0.1) is 5.82 Å². The first kappa shape index (κ1) is 14.1.